The van der Waals surface area contributed by atoms with Crippen LogP contribution >= 0.6 is 0 Å². The van der Waals surface area contributed by atoms with Crippen LogP contribution in [0.4, 0.5) is 0 Å². The molecule has 3 heteroatoms. The Morgan fingerprint density at radius 3 is 1.44 bits per heavy atom. The van der Waals surface area contributed by atoms with Crippen molar-refractivity contribution in [2.24, 2.45) is 0 Å². The summed E-state index contributed by atoms with van der Waals surface area (Å²) in [4.78, 5) is 0. The molecule has 2 atom stereocenters. The van der Waals surface area contributed by atoms with E-state index in [1.54, 1.807) is 11.1 Å². The zero-order valence-electron chi connectivity index (χ0n) is 18.2. The maximum atomic E-state index is 5.05. The van der Waals surface area contributed by atoms with Gasteiger partial charge in [0.25, 0.3) is 0 Å². The number of benzene rings is 4. The normalized spacial score (nSPS) is 18.0. The molecule has 6 rings (SSSR count). The summed E-state index contributed by atoms with van der Waals surface area (Å²) in [5.41, 5.74) is 9.01. The van der Waals surface area contributed by atoms with E-state index in [0.717, 1.165) is 0 Å². The van der Waals surface area contributed by atoms with E-state index in [0.29, 0.717) is 7.35 Å². The number of halogens is 2. The minimum Gasteiger partial charge on any atom is -1.00 e. The summed E-state index contributed by atoms with van der Waals surface area (Å²) in [5, 5.41) is 5.56. The Hall–Kier alpha value is -1.80. The molecule has 0 saturated heterocycles. The van der Waals surface area contributed by atoms with Crippen molar-refractivity contribution in [3.63, 3.8) is 0 Å². The van der Waals surface area contributed by atoms with Gasteiger partial charge in [0.15, 0.2) is 0 Å². The fraction of sp³-hybridized carbons (Fsp3) is 0.138. The Morgan fingerprint density at radius 2 is 1.00 bits per heavy atom. The van der Waals surface area contributed by atoms with Crippen LogP contribution in [0.3, 0.4) is 0 Å². The molecule has 4 aromatic rings. The molecular formula is C29H24Cl2Hf. The average Bonchev–Trinajstić information content (AvgIpc) is 3.29. The summed E-state index contributed by atoms with van der Waals surface area (Å²) in [5.74, 6) is 0. The first kappa shape index (κ1) is 23.4. The summed E-state index contributed by atoms with van der Waals surface area (Å²) in [7, 11) is 0. The van der Waals surface area contributed by atoms with Crippen LogP contribution in [0.15, 0.2) is 83.9 Å². The molecule has 4 aromatic carbocycles. The van der Waals surface area contributed by atoms with Gasteiger partial charge in [-0.05, 0) is 0 Å². The molecule has 0 N–H and O–H groups in total. The van der Waals surface area contributed by atoms with E-state index < -0.39 is 21.0 Å². The third-order valence-electron chi connectivity index (χ3n) is 7.00. The van der Waals surface area contributed by atoms with E-state index in [2.05, 4.69) is 98.8 Å². The van der Waals surface area contributed by atoms with E-state index in [9.17, 15) is 0 Å². The molecule has 0 nitrogen and oxygen atoms in total. The summed E-state index contributed by atoms with van der Waals surface area (Å²) < 4.78 is 6.15. The summed E-state index contributed by atoms with van der Waals surface area (Å²) in [6.45, 7) is 4.68. The van der Waals surface area contributed by atoms with Gasteiger partial charge in [-0.3, -0.25) is 0 Å². The third kappa shape index (κ3) is 3.41. The van der Waals surface area contributed by atoms with Crippen LogP contribution in [0.1, 0.15) is 43.5 Å². The van der Waals surface area contributed by atoms with Crippen molar-refractivity contribution in [2.75, 3.05) is 0 Å². The molecule has 0 saturated carbocycles. The summed E-state index contributed by atoms with van der Waals surface area (Å²) >= 11 is -2.43. The molecule has 0 aromatic heterocycles. The van der Waals surface area contributed by atoms with Gasteiger partial charge in [0, 0.05) is 0 Å². The summed E-state index contributed by atoms with van der Waals surface area (Å²) in [6.07, 6.45) is 4.86. The van der Waals surface area contributed by atoms with E-state index in [-0.39, 0.29) is 24.8 Å². The van der Waals surface area contributed by atoms with Gasteiger partial charge in [-0.15, -0.1) is 0 Å². The van der Waals surface area contributed by atoms with Crippen LogP contribution in [0.2, 0.25) is 0 Å². The molecule has 2 unspecified atom stereocenters. The minimum atomic E-state index is -2.43. The zero-order chi connectivity index (χ0) is 20.4. The quantitative estimate of drug-likeness (QED) is 0.299. The smallest absolute Gasteiger partial charge is 1.00 e. The van der Waals surface area contributed by atoms with Crippen molar-refractivity contribution in [1.82, 2.24) is 0 Å². The Balaban J connectivity index is 0.00000122. The second kappa shape index (κ2) is 8.86. The molecule has 32 heavy (non-hydrogen) atoms. The number of hydrogen-bond donors (Lipinski definition) is 0. The van der Waals surface area contributed by atoms with Crippen LogP contribution in [0.25, 0.3) is 33.7 Å². The van der Waals surface area contributed by atoms with Gasteiger partial charge < -0.3 is 24.8 Å². The van der Waals surface area contributed by atoms with Crippen molar-refractivity contribution in [1.29, 1.82) is 0 Å². The Kier molecular flexibility index (Phi) is 6.47. The van der Waals surface area contributed by atoms with Crippen LogP contribution in [0, 0.1) is 0 Å². The van der Waals surface area contributed by atoms with Gasteiger partial charge in [-0.1, -0.05) is 0 Å². The van der Waals surface area contributed by atoms with Crippen molar-refractivity contribution < 1.29 is 45.8 Å². The van der Waals surface area contributed by atoms with E-state index in [4.69, 9.17) is 4.26 Å². The van der Waals surface area contributed by atoms with E-state index in [1.807, 2.05) is 0 Å². The van der Waals surface area contributed by atoms with Crippen molar-refractivity contribution in [3.05, 3.63) is 106 Å². The SMILES string of the molecule is [CH2]=[Hf+2]([CH]1C(C)=Cc2ccc3ccccc3c21)[CH]1C(C)=Cc2ccc3ccccc3c21.[Cl-].[Cl-]. The van der Waals surface area contributed by atoms with Gasteiger partial charge in [0.1, 0.15) is 0 Å². The van der Waals surface area contributed by atoms with Crippen LogP contribution < -0.4 is 24.8 Å². The van der Waals surface area contributed by atoms with Gasteiger partial charge in [0.05, 0.1) is 0 Å². The fourth-order valence-electron chi connectivity index (χ4n) is 5.76. The topological polar surface area (TPSA) is 0 Å². The second-order valence-electron chi connectivity index (χ2n) is 8.80. The first-order chi connectivity index (χ1) is 14.6. The molecular weight excluding hydrogens is 598 g/mol. The molecule has 0 aliphatic heterocycles. The van der Waals surface area contributed by atoms with E-state index in [1.165, 1.54) is 43.8 Å². The Labute approximate surface area is 209 Å². The van der Waals surface area contributed by atoms with Crippen molar-refractivity contribution >= 4 is 38.0 Å². The zero-order valence-corrected chi connectivity index (χ0v) is 23.3. The van der Waals surface area contributed by atoms with Crippen LogP contribution in [0.5, 0.6) is 0 Å². The molecule has 0 fully saturated rings. The molecule has 2 aliphatic carbocycles. The van der Waals surface area contributed by atoms with Crippen LogP contribution in [-0.4, -0.2) is 4.26 Å². The van der Waals surface area contributed by atoms with Crippen LogP contribution in [-0.2, 0) is 21.0 Å². The largest absolute Gasteiger partial charge is 1.00 e. The molecule has 2 aliphatic rings. The standard InChI is InChI=1S/2C14H11.CH2.2ClH.Hf/c2*1-10-8-12-7-6-11-4-2-3-5-13(11)14(12)9-10;;;;/h2*2-9H,1H3;1H2;2*1H;/q;;;;;+2/p-2. The van der Waals surface area contributed by atoms with E-state index >= 15 is 0 Å². The number of fused-ring (bicyclic) bond motifs is 6. The Bertz CT molecular complexity index is 1340. The van der Waals surface area contributed by atoms with Crippen molar-refractivity contribution in [3.8, 4) is 0 Å². The molecule has 0 radical (unpaired) electrons. The number of allylic oxidation sites excluding steroid dienone is 2. The number of hydrogen-bond acceptors (Lipinski definition) is 0. The molecule has 0 bridgehead atoms. The number of rotatable bonds is 2. The van der Waals surface area contributed by atoms with Gasteiger partial charge in [0.2, 0.25) is 0 Å². The minimum absolute atomic E-state index is 0. The van der Waals surface area contributed by atoms with Crippen molar-refractivity contribution in [2.45, 2.75) is 21.2 Å². The molecule has 0 heterocycles. The predicted molar refractivity (Wildman–Crippen MR) is 128 cm³/mol. The van der Waals surface area contributed by atoms with Gasteiger partial charge >= 0.3 is 186 Å². The Morgan fingerprint density at radius 1 is 0.594 bits per heavy atom. The first-order valence-corrected chi connectivity index (χ1v) is 17.4. The maximum Gasteiger partial charge on any atom is -1.00 e. The second-order valence-corrected chi connectivity index (χ2v) is 17.1. The average molecular weight is 622 g/mol. The van der Waals surface area contributed by atoms with Gasteiger partial charge in [-0.2, -0.15) is 0 Å². The molecule has 158 valence electrons. The fourth-order valence-corrected chi connectivity index (χ4v) is 16.7. The maximum absolute atomic E-state index is 5.05. The monoisotopic (exact) mass is 622 g/mol. The predicted octanol–water partition coefficient (Wildman–Crippen LogP) is 1.67. The summed E-state index contributed by atoms with van der Waals surface area (Å²) in [6, 6.07) is 27.0. The molecule has 0 spiro atoms. The van der Waals surface area contributed by atoms with Gasteiger partial charge in [-0.25, -0.2) is 0 Å². The first-order valence-electron chi connectivity index (χ1n) is 10.7. The third-order valence-corrected chi connectivity index (χ3v) is 17.7. The molecule has 0 amide bonds.